The zero-order valence-electron chi connectivity index (χ0n) is 10.8. The largest absolute Gasteiger partial charge is 0.305 e. The quantitative estimate of drug-likeness (QED) is 0.651. The van der Waals surface area contributed by atoms with Crippen molar-refractivity contribution in [2.45, 2.75) is 6.54 Å². The molecule has 0 aliphatic carbocycles. The number of likely N-dealkylation sites (N-methyl/N-ethyl adjacent to an activating group) is 1. The number of halogens is 1. The van der Waals surface area contributed by atoms with E-state index in [1.165, 1.54) is 12.1 Å². The highest BCUT2D eigenvalue weighted by atomic mass is 19.1. The molecular formula is C12H17FN4O2. The van der Waals surface area contributed by atoms with E-state index in [1.54, 1.807) is 6.07 Å². The number of nitrogens with zero attached hydrogens (tertiary/aromatic N) is 3. The molecule has 19 heavy (non-hydrogen) atoms. The molecule has 1 N–H and O–H groups in total. The normalized spacial score (nSPS) is 17.6. The summed E-state index contributed by atoms with van der Waals surface area (Å²) >= 11 is 0. The first-order valence-electron chi connectivity index (χ1n) is 6.16. The third-order valence-electron chi connectivity index (χ3n) is 3.25. The van der Waals surface area contributed by atoms with Gasteiger partial charge < -0.3 is 4.90 Å². The maximum Gasteiger partial charge on any atom is 0.305 e. The Labute approximate surface area is 110 Å². The van der Waals surface area contributed by atoms with E-state index >= 15 is 0 Å². The first-order valence-corrected chi connectivity index (χ1v) is 6.16. The van der Waals surface area contributed by atoms with Gasteiger partial charge in [-0.15, -0.1) is 0 Å². The Hall–Kier alpha value is -1.57. The Kier molecular flexibility index (Phi) is 4.41. The van der Waals surface area contributed by atoms with Crippen LogP contribution >= 0.6 is 0 Å². The molecule has 0 radical (unpaired) electrons. The summed E-state index contributed by atoms with van der Waals surface area (Å²) in [6.45, 7) is 3.87. The molecule has 1 heterocycles. The maximum atomic E-state index is 13.8. The fourth-order valence-electron chi connectivity index (χ4n) is 2.01. The molecule has 1 saturated heterocycles. The number of hydrazine groups is 1. The lowest BCUT2D eigenvalue weighted by Crippen LogP contribution is -2.50. The van der Waals surface area contributed by atoms with Gasteiger partial charge in [-0.25, -0.2) is 5.01 Å². The minimum atomic E-state index is -0.755. The number of piperazine rings is 1. The van der Waals surface area contributed by atoms with Gasteiger partial charge in [0.15, 0.2) is 0 Å². The number of nitrogens with one attached hydrogen (secondary N) is 1. The topological polar surface area (TPSA) is 61.6 Å². The van der Waals surface area contributed by atoms with Gasteiger partial charge in [0.25, 0.3) is 0 Å². The molecular weight excluding hydrogens is 251 g/mol. The van der Waals surface area contributed by atoms with Crippen LogP contribution in [0, 0.1) is 15.9 Å². The second-order valence-electron chi connectivity index (χ2n) is 4.63. The highest BCUT2D eigenvalue weighted by Gasteiger charge is 2.18. The van der Waals surface area contributed by atoms with Crippen LogP contribution < -0.4 is 5.43 Å². The van der Waals surface area contributed by atoms with Crippen LogP contribution in [0.4, 0.5) is 10.1 Å². The van der Waals surface area contributed by atoms with Crippen LogP contribution in [0.2, 0.25) is 0 Å². The van der Waals surface area contributed by atoms with Crippen LogP contribution in [0.15, 0.2) is 18.2 Å². The van der Waals surface area contributed by atoms with Gasteiger partial charge in [-0.05, 0) is 7.05 Å². The first kappa shape index (κ1) is 13.9. The first-order chi connectivity index (χ1) is 9.08. The molecule has 7 heteroatoms. The number of nitro groups is 1. The van der Waals surface area contributed by atoms with Crippen molar-refractivity contribution in [1.29, 1.82) is 0 Å². The molecule has 0 aromatic heterocycles. The molecule has 0 bridgehead atoms. The number of hydrogen-bond acceptors (Lipinski definition) is 5. The van der Waals surface area contributed by atoms with Crippen molar-refractivity contribution in [3.8, 4) is 0 Å². The second-order valence-corrected chi connectivity index (χ2v) is 4.63. The summed E-state index contributed by atoms with van der Waals surface area (Å²) in [6.07, 6.45) is 0. The summed E-state index contributed by atoms with van der Waals surface area (Å²) < 4.78 is 13.8. The molecule has 1 aromatic carbocycles. The van der Waals surface area contributed by atoms with Crippen molar-refractivity contribution in [1.82, 2.24) is 15.3 Å². The number of rotatable bonds is 4. The minimum Gasteiger partial charge on any atom is -0.304 e. The molecule has 1 fully saturated rings. The smallest absolute Gasteiger partial charge is 0.304 e. The molecule has 1 aliphatic heterocycles. The van der Waals surface area contributed by atoms with E-state index in [4.69, 9.17) is 0 Å². The highest BCUT2D eigenvalue weighted by Crippen LogP contribution is 2.20. The van der Waals surface area contributed by atoms with Crippen molar-refractivity contribution in [2.24, 2.45) is 0 Å². The van der Waals surface area contributed by atoms with E-state index in [0.29, 0.717) is 5.56 Å². The second kappa shape index (κ2) is 6.05. The van der Waals surface area contributed by atoms with Gasteiger partial charge in [0, 0.05) is 44.4 Å². The average molecular weight is 268 g/mol. The fourth-order valence-corrected chi connectivity index (χ4v) is 2.01. The molecule has 1 aliphatic rings. The van der Waals surface area contributed by atoms with E-state index in [9.17, 15) is 14.5 Å². The third-order valence-corrected chi connectivity index (χ3v) is 3.25. The van der Waals surface area contributed by atoms with Crippen LogP contribution in [-0.4, -0.2) is 48.1 Å². The Morgan fingerprint density at radius 1 is 1.37 bits per heavy atom. The molecule has 104 valence electrons. The summed E-state index contributed by atoms with van der Waals surface area (Å²) in [4.78, 5) is 12.2. The van der Waals surface area contributed by atoms with Gasteiger partial charge in [0.05, 0.1) is 4.92 Å². The summed E-state index contributed by atoms with van der Waals surface area (Å²) in [5.74, 6) is -0.755. The standard InChI is InChI=1S/C12H17FN4O2/c1-15-5-7-16(8-6-15)14-9-10-3-2-4-11(12(10)13)17(18)19/h2-4,14H,5-9H2,1H3. The zero-order chi connectivity index (χ0) is 13.8. The number of hydrogen-bond donors (Lipinski definition) is 1. The highest BCUT2D eigenvalue weighted by molar-refractivity contribution is 5.36. The van der Waals surface area contributed by atoms with E-state index in [1.807, 2.05) is 5.01 Å². The SMILES string of the molecule is CN1CCN(NCc2cccc([N+](=O)[O-])c2F)CC1. The summed E-state index contributed by atoms with van der Waals surface area (Å²) in [5.41, 5.74) is 2.95. The van der Waals surface area contributed by atoms with E-state index in [-0.39, 0.29) is 6.54 Å². The van der Waals surface area contributed by atoms with E-state index in [2.05, 4.69) is 17.4 Å². The van der Waals surface area contributed by atoms with Crippen LogP contribution in [-0.2, 0) is 6.54 Å². The molecule has 0 unspecified atom stereocenters. The molecule has 0 saturated carbocycles. The molecule has 1 aromatic rings. The summed E-state index contributed by atoms with van der Waals surface area (Å²) in [5, 5.41) is 12.7. The molecule has 2 rings (SSSR count). The van der Waals surface area contributed by atoms with Crippen molar-refractivity contribution < 1.29 is 9.31 Å². The lowest BCUT2D eigenvalue weighted by Gasteiger charge is -2.32. The minimum absolute atomic E-state index is 0.261. The number of nitro benzene ring substituents is 1. The third kappa shape index (κ3) is 3.46. The van der Waals surface area contributed by atoms with Gasteiger partial charge in [0.1, 0.15) is 0 Å². The van der Waals surface area contributed by atoms with Gasteiger partial charge in [-0.3, -0.25) is 15.5 Å². The van der Waals surface area contributed by atoms with Crippen LogP contribution in [0.1, 0.15) is 5.56 Å². The van der Waals surface area contributed by atoms with E-state index in [0.717, 1.165) is 26.2 Å². The Morgan fingerprint density at radius 3 is 2.68 bits per heavy atom. The van der Waals surface area contributed by atoms with Crippen LogP contribution in [0.3, 0.4) is 0 Å². The summed E-state index contributed by atoms with van der Waals surface area (Å²) in [6, 6.07) is 4.24. The molecule has 0 atom stereocenters. The van der Waals surface area contributed by atoms with Crippen LogP contribution in [0.25, 0.3) is 0 Å². The maximum absolute atomic E-state index is 13.8. The molecule has 0 spiro atoms. The predicted octanol–water partition coefficient (Wildman–Crippen LogP) is 0.986. The Morgan fingerprint density at radius 2 is 2.05 bits per heavy atom. The van der Waals surface area contributed by atoms with Gasteiger partial charge in [0.2, 0.25) is 5.82 Å². The molecule has 0 amide bonds. The molecule has 6 nitrogen and oxygen atoms in total. The van der Waals surface area contributed by atoms with Crippen LogP contribution in [0.5, 0.6) is 0 Å². The summed E-state index contributed by atoms with van der Waals surface area (Å²) in [7, 11) is 2.05. The average Bonchev–Trinajstić information content (AvgIpc) is 2.39. The van der Waals surface area contributed by atoms with Crippen molar-refractivity contribution in [2.75, 3.05) is 33.2 Å². The lowest BCUT2D eigenvalue weighted by atomic mass is 10.2. The lowest BCUT2D eigenvalue weighted by molar-refractivity contribution is -0.387. The Bertz CT molecular complexity index is 461. The van der Waals surface area contributed by atoms with Crippen molar-refractivity contribution in [3.63, 3.8) is 0 Å². The van der Waals surface area contributed by atoms with Gasteiger partial charge >= 0.3 is 5.69 Å². The van der Waals surface area contributed by atoms with Gasteiger partial charge in [-0.1, -0.05) is 12.1 Å². The monoisotopic (exact) mass is 268 g/mol. The Balaban J connectivity index is 1.96. The van der Waals surface area contributed by atoms with E-state index < -0.39 is 16.4 Å². The zero-order valence-corrected chi connectivity index (χ0v) is 10.8. The fraction of sp³-hybridized carbons (Fsp3) is 0.500. The number of benzene rings is 1. The van der Waals surface area contributed by atoms with Crippen molar-refractivity contribution in [3.05, 3.63) is 39.7 Å². The predicted molar refractivity (Wildman–Crippen MR) is 69.0 cm³/mol. The van der Waals surface area contributed by atoms with Crippen molar-refractivity contribution >= 4 is 5.69 Å². The van der Waals surface area contributed by atoms with Gasteiger partial charge in [-0.2, -0.15) is 4.39 Å².